The highest BCUT2D eigenvalue weighted by molar-refractivity contribution is 7.89. The molecule has 0 bridgehead atoms. The lowest BCUT2D eigenvalue weighted by molar-refractivity contribution is -0.121. The minimum absolute atomic E-state index is 0.0536. The molecule has 1 aliphatic rings. The van der Waals surface area contributed by atoms with E-state index in [0.29, 0.717) is 24.7 Å². The van der Waals surface area contributed by atoms with E-state index in [-0.39, 0.29) is 29.8 Å². The van der Waals surface area contributed by atoms with Crippen molar-refractivity contribution in [2.75, 3.05) is 19.8 Å². The number of hydrogen-bond acceptors (Lipinski definition) is 5. The quantitative estimate of drug-likeness (QED) is 0.632. The molecule has 0 heterocycles. The molecule has 8 heteroatoms. The topological polar surface area (TPSA) is 93.7 Å². The molecular formula is C19H30N2O5S. The predicted molar refractivity (Wildman–Crippen MR) is 104 cm³/mol. The monoisotopic (exact) mass is 398 g/mol. The fraction of sp³-hybridized carbons (Fsp3) is 0.632. The lowest BCUT2D eigenvalue weighted by Gasteiger charge is -2.22. The minimum Gasteiger partial charge on any atom is -0.490 e. The first-order chi connectivity index (χ1) is 13.0. The Kier molecular flexibility index (Phi) is 8.37. The van der Waals surface area contributed by atoms with Crippen LogP contribution >= 0.6 is 0 Å². The summed E-state index contributed by atoms with van der Waals surface area (Å²) in [6.45, 7) is 4.58. The fourth-order valence-electron chi connectivity index (χ4n) is 3.13. The van der Waals surface area contributed by atoms with Crippen LogP contribution in [0.5, 0.6) is 11.5 Å². The summed E-state index contributed by atoms with van der Waals surface area (Å²) < 4.78 is 38.4. The van der Waals surface area contributed by atoms with Crippen molar-refractivity contribution in [2.45, 2.75) is 63.3 Å². The predicted octanol–water partition coefficient (Wildman–Crippen LogP) is 2.60. The summed E-state index contributed by atoms with van der Waals surface area (Å²) in [7, 11) is -3.73. The van der Waals surface area contributed by atoms with Crippen LogP contribution in [-0.2, 0) is 14.8 Å². The van der Waals surface area contributed by atoms with Crippen molar-refractivity contribution >= 4 is 15.9 Å². The maximum atomic E-state index is 12.5. The molecule has 0 spiro atoms. The normalized spacial score (nSPS) is 15.3. The second-order valence-electron chi connectivity index (χ2n) is 6.52. The number of ether oxygens (including phenoxy) is 2. The molecule has 152 valence electrons. The molecule has 1 aromatic carbocycles. The van der Waals surface area contributed by atoms with Gasteiger partial charge in [0.25, 0.3) is 0 Å². The van der Waals surface area contributed by atoms with Crippen LogP contribution in [0.2, 0.25) is 0 Å². The number of carbonyl (C=O) groups excluding carboxylic acids is 1. The first kappa shape index (κ1) is 21.5. The van der Waals surface area contributed by atoms with Crippen LogP contribution in [-0.4, -0.2) is 40.1 Å². The molecule has 0 aliphatic heterocycles. The van der Waals surface area contributed by atoms with Crippen LogP contribution in [0.4, 0.5) is 0 Å². The molecule has 0 unspecified atom stereocenters. The standard InChI is InChI=1S/C19H30N2O5S/c1-3-25-17-11-10-16(14-18(17)26-4-2)27(23,24)20-13-12-19(22)21-15-8-6-5-7-9-15/h10-11,14-15,20H,3-9,12-13H2,1-2H3,(H,21,22). The van der Waals surface area contributed by atoms with Gasteiger partial charge >= 0.3 is 0 Å². The van der Waals surface area contributed by atoms with E-state index in [0.717, 1.165) is 25.7 Å². The van der Waals surface area contributed by atoms with Crippen molar-refractivity contribution in [3.05, 3.63) is 18.2 Å². The van der Waals surface area contributed by atoms with Crippen molar-refractivity contribution in [1.29, 1.82) is 0 Å². The summed E-state index contributed by atoms with van der Waals surface area (Å²) in [6.07, 6.45) is 5.62. The van der Waals surface area contributed by atoms with Gasteiger partial charge in [0.15, 0.2) is 11.5 Å². The van der Waals surface area contributed by atoms with Gasteiger partial charge in [-0.05, 0) is 38.8 Å². The molecule has 0 radical (unpaired) electrons. The number of nitrogens with one attached hydrogen (secondary N) is 2. The highest BCUT2D eigenvalue weighted by Gasteiger charge is 2.19. The zero-order chi connectivity index (χ0) is 19.7. The molecule has 1 saturated carbocycles. The Labute approximate surface area is 161 Å². The highest BCUT2D eigenvalue weighted by Crippen LogP contribution is 2.30. The Morgan fingerprint density at radius 3 is 2.41 bits per heavy atom. The molecular weight excluding hydrogens is 368 g/mol. The number of rotatable bonds is 10. The molecule has 1 aliphatic carbocycles. The second kappa shape index (κ2) is 10.5. The average Bonchev–Trinajstić information content (AvgIpc) is 2.64. The maximum Gasteiger partial charge on any atom is 0.240 e. The van der Waals surface area contributed by atoms with Crippen LogP contribution in [0.15, 0.2) is 23.1 Å². The van der Waals surface area contributed by atoms with Gasteiger partial charge in [-0.25, -0.2) is 13.1 Å². The largest absolute Gasteiger partial charge is 0.490 e. The number of carbonyl (C=O) groups is 1. The SMILES string of the molecule is CCOc1ccc(S(=O)(=O)NCCC(=O)NC2CCCCC2)cc1OCC. The van der Waals surface area contributed by atoms with Gasteiger partial charge in [0.2, 0.25) is 15.9 Å². The van der Waals surface area contributed by atoms with Gasteiger partial charge in [0.1, 0.15) is 0 Å². The van der Waals surface area contributed by atoms with E-state index < -0.39 is 10.0 Å². The van der Waals surface area contributed by atoms with Gasteiger partial charge in [0.05, 0.1) is 18.1 Å². The zero-order valence-corrected chi connectivity index (χ0v) is 16.9. The Bertz CT molecular complexity index is 715. The summed E-state index contributed by atoms with van der Waals surface area (Å²) >= 11 is 0. The molecule has 27 heavy (non-hydrogen) atoms. The van der Waals surface area contributed by atoms with E-state index in [1.165, 1.54) is 18.6 Å². The van der Waals surface area contributed by atoms with E-state index in [2.05, 4.69) is 10.0 Å². The molecule has 7 nitrogen and oxygen atoms in total. The Balaban J connectivity index is 1.91. The summed E-state index contributed by atoms with van der Waals surface area (Å²) in [5.74, 6) is 0.772. The van der Waals surface area contributed by atoms with E-state index >= 15 is 0 Å². The van der Waals surface area contributed by atoms with E-state index in [4.69, 9.17) is 9.47 Å². The van der Waals surface area contributed by atoms with Crippen LogP contribution < -0.4 is 19.5 Å². The number of sulfonamides is 1. The molecule has 2 N–H and O–H groups in total. The number of hydrogen-bond donors (Lipinski definition) is 2. The van der Waals surface area contributed by atoms with Crippen LogP contribution in [0.1, 0.15) is 52.4 Å². The highest BCUT2D eigenvalue weighted by atomic mass is 32.2. The van der Waals surface area contributed by atoms with Crippen molar-refractivity contribution in [3.63, 3.8) is 0 Å². The van der Waals surface area contributed by atoms with Gasteiger partial charge in [-0.3, -0.25) is 4.79 Å². The van der Waals surface area contributed by atoms with E-state index in [1.807, 2.05) is 13.8 Å². The summed E-state index contributed by atoms with van der Waals surface area (Å²) in [5, 5.41) is 2.98. The Morgan fingerprint density at radius 1 is 1.07 bits per heavy atom. The second-order valence-corrected chi connectivity index (χ2v) is 8.29. The van der Waals surface area contributed by atoms with Crippen molar-refractivity contribution in [2.24, 2.45) is 0 Å². The maximum absolute atomic E-state index is 12.5. The number of amides is 1. The molecule has 1 amide bonds. The summed E-state index contributed by atoms with van der Waals surface area (Å²) in [6, 6.07) is 4.72. The number of benzene rings is 1. The van der Waals surface area contributed by atoms with Crippen LogP contribution in [0.25, 0.3) is 0 Å². The molecule has 2 rings (SSSR count). The Hall–Kier alpha value is -1.80. The molecule has 1 fully saturated rings. The van der Waals surface area contributed by atoms with Gasteiger partial charge in [-0.2, -0.15) is 0 Å². The zero-order valence-electron chi connectivity index (χ0n) is 16.1. The summed E-state index contributed by atoms with van der Waals surface area (Å²) in [5.41, 5.74) is 0. The van der Waals surface area contributed by atoms with Crippen molar-refractivity contribution < 1.29 is 22.7 Å². The van der Waals surface area contributed by atoms with Gasteiger partial charge < -0.3 is 14.8 Å². The van der Waals surface area contributed by atoms with E-state index in [1.54, 1.807) is 6.07 Å². The van der Waals surface area contributed by atoms with Crippen molar-refractivity contribution in [3.8, 4) is 11.5 Å². The smallest absolute Gasteiger partial charge is 0.240 e. The van der Waals surface area contributed by atoms with Crippen LogP contribution in [0, 0.1) is 0 Å². The Morgan fingerprint density at radius 2 is 1.74 bits per heavy atom. The van der Waals surface area contributed by atoms with Gasteiger partial charge in [-0.1, -0.05) is 19.3 Å². The molecule has 0 aromatic heterocycles. The lowest BCUT2D eigenvalue weighted by atomic mass is 9.95. The van der Waals surface area contributed by atoms with Crippen LogP contribution in [0.3, 0.4) is 0 Å². The van der Waals surface area contributed by atoms with Crippen molar-refractivity contribution in [1.82, 2.24) is 10.0 Å². The first-order valence-electron chi connectivity index (χ1n) is 9.65. The molecule has 0 saturated heterocycles. The lowest BCUT2D eigenvalue weighted by Crippen LogP contribution is -2.38. The fourth-order valence-corrected chi connectivity index (χ4v) is 4.17. The third kappa shape index (κ3) is 6.70. The van der Waals surface area contributed by atoms with E-state index in [9.17, 15) is 13.2 Å². The third-order valence-corrected chi connectivity index (χ3v) is 5.90. The molecule has 1 aromatic rings. The third-order valence-electron chi connectivity index (χ3n) is 4.44. The van der Waals surface area contributed by atoms with Gasteiger partial charge in [-0.15, -0.1) is 0 Å². The molecule has 0 atom stereocenters. The first-order valence-corrected chi connectivity index (χ1v) is 11.1. The average molecular weight is 399 g/mol. The van der Waals surface area contributed by atoms with Gasteiger partial charge in [0, 0.05) is 25.1 Å². The minimum atomic E-state index is -3.73. The summed E-state index contributed by atoms with van der Waals surface area (Å²) in [4.78, 5) is 12.1.